The van der Waals surface area contributed by atoms with E-state index in [1.54, 1.807) is 0 Å². The Morgan fingerprint density at radius 2 is 1.83 bits per heavy atom. The SMILES string of the molecule is CC(=O)O[C@@H]1[C@@H](N=[N+]=[N-])[C@@H](Sc2ccccc2)O[C@H](CO)[C@H]1OCc1ccccc1. The van der Waals surface area contributed by atoms with Crippen LogP contribution in [0.2, 0.25) is 0 Å². The van der Waals surface area contributed by atoms with E-state index in [9.17, 15) is 9.90 Å². The second-order valence-corrected chi connectivity index (χ2v) is 7.86. The minimum atomic E-state index is -0.908. The Balaban J connectivity index is 1.87. The van der Waals surface area contributed by atoms with Gasteiger partial charge in [-0.2, -0.15) is 0 Å². The summed E-state index contributed by atoms with van der Waals surface area (Å²) in [5.74, 6) is -0.534. The van der Waals surface area contributed by atoms with Crippen LogP contribution in [-0.2, 0) is 25.6 Å². The van der Waals surface area contributed by atoms with E-state index >= 15 is 0 Å². The maximum absolute atomic E-state index is 11.8. The number of ether oxygens (including phenoxy) is 3. The zero-order valence-electron chi connectivity index (χ0n) is 16.4. The zero-order chi connectivity index (χ0) is 21.3. The average Bonchev–Trinajstić information content (AvgIpc) is 2.76. The van der Waals surface area contributed by atoms with Crippen LogP contribution < -0.4 is 0 Å². The van der Waals surface area contributed by atoms with Crippen LogP contribution in [0.4, 0.5) is 0 Å². The summed E-state index contributed by atoms with van der Waals surface area (Å²) in [7, 11) is 0. The van der Waals surface area contributed by atoms with Crippen molar-refractivity contribution in [1.82, 2.24) is 0 Å². The van der Waals surface area contributed by atoms with E-state index in [1.165, 1.54) is 18.7 Å². The molecule has 0 aliphatic carbocycles. The molecule has 0 amide bonds. The lowest BCUT2D eigenvalue weighted by Crippen LogP contribution is -2.59. The zero-order valence-corrected chi connectivity index (χ0v) is 17.2. The number of azide groups is 1. The summed E-state index contributed by atoms with van der Waals surface area (Å²) < 4.78 is 17.6. The van der Waals surface area contributed by atoms with Gasteiger partial charge in [0.1, 0.15) is 29.8 Å². The molecule has 0 saturated carbocycles. The Morgan fingerprint density at radius 1 is 1.17 bits per heavy atom. The number of carbonyl (C=O) groups excluding carboxylic acids is 1. The molecule has 0 radical (unpaired) electrons. The molecule has 1 heterocycles. The molecule has 1 fully saturated rings. The van der Waals surface area contributed by atoms with Gasteiger partial charge in [-0.05, 0) is 23.2 Å². The predicted octanol–water partition coefficient (Wildman–Crippen LogP) is 3.69. The third-order valence-corrected chi connectivity index (χ3v) is 5.73. The molecule has 2 aromatic rings. The van der Waals surface area contributed by atoms with Gasteiger partial charge in [-0.25, -0.2) is 0 Å². The summed E-state index contributed by atoms with van der Waals surface area (Å²) in [6, 6.07) is 18.1. The van der Waals surface area contributed by atoms with E-state index in [0.717, 1.165) is 10.5 Å². The molecule has 0 unspecified atom stereocenters. The number of hydrogen-bond donors (Lipinski definition) is 1. The van der Waals surface area contributed by atoms with E-state index in [-0.39, 0.29) is 13.2 Å². The molecule has 9 heteroatoms. The highest BCUT2D eigenvalue weighted by atomic mass is 32.2. The van der Waals surface area contributed by atoms with Gasteiger partial charge in [0.15, 0.2) is 0 Å². The van der Waals surface area contributed by atoms with Crippen molar-refractivity contribution >= 4 is 17.7 Å². The molecule has 1 N–H and O–H groups in total. The Bertz CT molecular complexity index is 863. The first-order valence-corrected chi connectivity index (χ1v) is 10.4. The van der Waals surface area contributed by atoms with Crippen LogP contribution in [0.25, 0.3) is 10.4 Å². The van der Waals surface area contributed by atoms with Gasteiger partial charge in [-0.3, -0.25) is 4.79 Å². The second-order valence-electron chi connectivity index (χ2n) is 6.69. The van der Waals surface area contributed by atoms with Gasteiger partial charge in [-0.15, -0.1) is 0 Å². The summed E-state index contributed by atoms with van der Waals surface area (Å²) in [6.07, 6.45) is -2.47. The minimum absolute atomic E-state index is 0.225. The first-order chi connectivity index (χ1) is 14.6. The van der Waals surface area contributed by atoms with E-state index in [2.05, 4.69) is 10.0 Å². The molecule has 1 aliphatic rings. The molecule has 0 aromatic heterocycles. The monoisotopic (exact) mass is 429 g/mol. The van der Waals surface area contributed by atoms with Crippen molar-refractivity contribution in [3.05, 3.63) is 76.7 Å². The highest BCUT2D eigenvalue weighted by Crippen LogP contribution is 2.37. The third kappa shape index (κ3) is 5.75. The highest BCUT2D eigenvalue weighted by molar-refractivity contribution is 7.99. The average molecular weight is 429 g/mol. The Labute approximate surface area is 178 Å². The lowest BCUT2D eigenvalue weighted by molar-refractivity contribution is -0.206. The lowest BCUT2D eigenvalue weighted by Gasteiger charge is -2.43. The van der Waals surface area contributed by atoms with Crippen LogP contribution in [-0.4, -0.2) is 47.5 Å². The Morgan fingerprint density at radius 3 is 2.43 bits per heavy atom. The molecule has 1 saturated heterocycles. The first-order valence-electron chi connectivity index (χ1n) is 9.47. The fraction of sp³-hybridized carbons (Fsp3) is 0.381. The van der Waals surface area contributed by atoms with Crippen LogP contribution in [0.5, 0.6) is 0 Å². The number of hydrogen-bond acceptors (Lipinski definition) is 7. The van der Waals surface area contributed by atoms with E-state index in [4.69, 9.17) is 19.7 Å². The standard InChI is InChI=1S/C21H23N3O5S/c1-14(26)28-20-18(23-24-22)21(30-16-10-6-3-7-11-16)29-17(12-25)19(20)27-13-15-8-4-2-5-9-15/h2-11,17-21,25H,12-13H2,1H3/t17-,18-,19-,20-,21-/m1/s1. The van der Waals surface area contributed by atoms with Crippen molar-refractivity contribution in [2.45, 2.75) is 48.2 Å². The molecule has 5 atom stereocenters. The molecule has 158 valence electrons. The lowest BCUT2D eigenvalue weighted by atomic mass is 9.98. The van der Waals surface area contributed by atoms with Crippen LogP contribution >= 0.6 is 11.8 Å². The van der Waals surface area contributed by atoms with Crippen molar-refractivity contribution in [3.63, 3.8) is 0 Å². The normalized spacial score (nSPS) is 25.9. The van der Waals surface area contributed by atoms with Gasteiger partial charge in [0.25, 0.3) is 0 Å². The number of aliphatic hydroxyl groups excluding tert-OH is 1. The molecule has 1 aliphatic heterocycles. The quantitative estimate of drug-likeness (QED) is 0.296. The summed E-state index contributed by atoms with van der Waals surface area (Å²) in [5.41, 5.74) is 9.38. The second kappa shape index (κ2) is 11.0. The van der Waals surface area contributed by atoms with Gasteiger partial charge in [0.2, 0.25) is 0 Å². The minimum Gasteiger partial charge on any atom is -0.459 e. The Kier molecular flexibility index (Phi) is 8.12. The van der Waals surface area contributed by atoms with Crippen molar-refractivity contribution in [2.75, 3.05) is 6.61 Å². The largest absolute Gasteiger partial charge is 0.459 e. The first kappa shape index (κ1) is 22.1. The van der Waals surface area contributed by atoms with Crippen LogP contribution in [0.15, 0.2) is 70.7 Å². The summed E-state index contributed by atoms with van der Waals surface area (Å²) in [6.45, 7) is 1.17. The summed E-state index contributed by atoms with van der Waals surface area (Å²) in [5, 5.41) is 13.8. The molecular formula is C21H23N3O5S. The Hall–Kier alpha value is -2.55. The maximum Gasteiger partial charge on any atom is 0.303 e. The molecule has 2 aromatic carbocycles. The van der Waals surface area contributed by atoms with Crippen molar-refractivity contribution in [3.8, 4) is 0 Å². The molecule has 30 heavy (non-hydrogen) atoms. The smallest absolute Gasteiger partial charge is 0.303 e. The fourth-order valence-corrected chi connectivity index (χ4v) is 4.38. The third-order valence-electron chi connectivity index (χ3n) is 4.56. The molecule has 8 nitrogen and oxygen atoms in total. The molecule has 3 rings (SSSR count). The van der Waals surface area contributed by atoms with E-state index in [1.807, 2.05) is 60.7 Å². The van der Waals surface area contributed by atoms with Crippen molar-refractivity contribution < 1.29 is 24.1 Å². The predicted molar refractivity (Wildman–Crippen MR) is 112 cm³/mol. The van der Waals surface area contributed by atoms with Crippen LogP contribution in [0.1, 0.15) is 12.5 Å². The summed E-state index contributed by atoms with van der Waals surface area (Å²) >= 11 is 1.33. The van der Waals surface area contributed by atoms with Gasteiger partial charge < -0.3 is 19.3 Å². The number of carbonyl (C=O) groups is 1. The molecular weight excluding hydrogens is 406 g/mol. The van der Waals surface area contributed by atoms with E-state index < -0.39 is 35.8 Å². The summed E-state index contributed by atoms with van der Waals surface area (Å²) in [4.78, 5) is 15.6. The van der Waals surface area contributed by atoms with E-state index in [0.29, 0.717) is 0 Å². The molecule has 0 spiro atoms. The maximum atomic E-state index is 11.8. The fourth-order valence-electron chi connectivity index (χ4n) is 3.25. The van der Waals surface area contributed by atoms with Gasteiger partial charge in [-0.1, -0.05) is 65.4 Å². The van der Waals surface area contributed by atoms with Crippen molar-refractivity contribution in [2.24, 2.45) is 5.11 Å². The highest BCUT2D eigenvalue weighted by Gasteiger charge is 2.48. The number of aliphatic hydroxyl groups is 1. The van der Waals surface area contributed by atoms with Gasteiger partial charge in [0.05, 0.1) is 13.2 Å². The topological polar surface area (TPSA) is 114 Å². The van der Waals surface area contributed by atoms with Crippen LogP contribution in [0, 0.1) is 0 Å². The van der Waals surface area contributed by atoms with Gasteiger partial charge in [0, 0.05) is 16.7 Å². The number of esters is 1. The number of nitrogens with zero attached hydrogens (tertiary/aromatic N) is 3. The van der Waals surface area contributed by atoms with Crippen molar-refractivity contribution in [1.29, 1.82) is 0 Å². The number of thioether (sulfide) groups is 1. The number of benzene rings is 2. The van der Waals surface area contributed by atoms with Gasteiger partial charge >= 0.3 is 5.97 Å². The van der Waals surface area contributed by atoms with Crippen LogP contribution in [0.3, 0.4) is 0 Å². The number of rotatable bonds is 8. The molecule has 0 bridgehead atoms.